The van der Waals surface area contributed by atoms with Crippen LogP contribution in [0.3, 0.4) is 0 Å². The number of hydrogen-bond acceptors (Lipinski definition) is 3. The standard InChI is InChI=1S/C18H21F2N3O2/c1-3-23(13(2)14-8-6-10-21-11-14)18(24)22-12-15-7-4-5-9-16(15)25-17(19)20/h4-11,13,17H,3,12H2,1-2H3,(H,22,24). The predicted molar refractivity (Wildman–Crippen MR) is 90.3 cm³/mol. The van der Waals surface area contributed by atoms with Crippen LogP contribution < -0.4 is 10.1 Å². The van der Waals surface area contributed by atoms with Crippen LogP contribution in [0.25, 0.3) is 0 Å². The van der Waals surface area contributed by atoms with E-state index in [2.05, 4.69) is 15.0 Å². The number of amides is 2. The highest BCUT2D eigenvalue weighted by atomic mass is 19.3. The minimum absolute atomic E-state index is 0.0566. The number of halogens is 2. The lowest BCUT2D eigenvalue weighted by atomic mass is 10.1. The van der Waals surface area contributed by atoms with Crippen LogP contribution in [0.15, 0.2) is 48.8 Å². The van der Waals surface area contributed by atoms with Crippen molar-refractivity contribution in [1.29, 1.82) is 0 Å². The number of ether oxygens (including phenoxy) is 1. The molecule has 5 nitrogen and oxygen atoms in total. The number of nitrogens with one attached hydrogen (secondary N) is 1. The van der Waals surface area contributed by atoms with Gasteiger partial charge in [-0.3, -0.25) is 4.98 Å². The molecule has 0 saturated carbocycles. The first-order valence-corrected chi connectivity index (χ1v) is 8.00. The molecule has 0 aliphatic rings. The fourth-order valence-electron chi connectivity index (χ4n) is 2.53. The van der Waals surface area contributed by atoms with Gasteiger partial charge in [0.2, 0.25) is 0 Å². The maximum atomic E-state index is 12.5. The third-order valence-electron chi connectivity index (χ3n) is 3.85. The Morgan fingerprint density at radius 1 is 1.28 bits per heavy atom. The quantitative estimate of drug-likeness (QED) is 0.823. The van der Waals surface area contributed by atoms with Gasteiger partial charge in [-0.15, -0.1) is 0 Å². The Morgan fingerprint density at radius 2 is 2.04 bits per heavy atom. The van der Waals surface area contributed by atoms with Crippen LogP contribution in [0.1, 0.15) is 31.0 Å². The summed E-state index contributed by atoms with van der Waals surface area (Å²) in [6, 6.07) is 9.66. The fourth-order valence-corrected chi connectivity index (χ4v) is 2.53. The third-order valence-corrected chi connectivity index (χ3v) is 3.85. The first kappa shape index (κ1) is 18.6. The molecular formula is C18H21F2N3O2. The van der Waals surface area contributed by atoms with E-state index in [4.69, 9.17) is 0 Å². The number of para-hydroxylation sites is 1. The summed E-state index contributed by atoms with van der Waals surface area (Å²) in [6.07, 6.45) is 3.39. The molecule has 1 aromatic heterocycles. The predicted octanol–water partition coefficient (Wildman–Crippen LogP) is 3.98. The zero-order chi connectivity index (χ0) is 18.2. The molecule has 0 aliphatic heterocycles. The number of hydrogen-bond donors (Lipinski definition) is 1. The Morgan fingerprint density at radius 3 is 2.68 bits per heavy atom. The Balaban J connectivity index is 2.03. The van der Waals surface area contributed by atoms with E-state index >= 15 is 0 Å². The zero-order valence-corrected chi connectivity index (χ0v) is 14.2. The maximum Gasteiger partial charge on any atom is 0.387 e. The van der Waals surface area contributed by atoms with Gasteiger partial charge in [-0.05, 0) is 31.5 Å². The van der Waals surface area contributed by atoms with E-state index in [1.54, 1.807) is 35.5 Å². The van der Waals surface area contributed by atoms with E-state index < -0.39 is 6.61 Å². The smallest absolute Gasteiger partial charge is 0.387 e. The Hall–Kier alpha value is -2.70. The summed E-state index contributed by atoms with van der Waals surface area (Å²) in [5.74, 6) is 0.0566. The van der Waals surface area contributed by atoms with Gasteiger partial charge in [0, 0.05) is 31.0 Å². The van der Waals surface area contributed by atoms with Gasteiger partial charge in [0.1, 0.15) is 5.75 Å². The van der Waals surface area contributed by atoms with Crippen molar-refractivity contribution in [1.82, 2.24) is 15.2 Å². The molecule has 2 amide bonds. The number of carbonyl (C=O) groups excluding carboxylic acids is 1. The Bertz CT molecular complexity index is 683. The van der Waals surface area contributed by atoms with Gasteiger partial charge in [-0.2, -0.15) is 8.78 Å². The number of nitrogens with zero attached hydrogens (tertiary/aromatic N) is 2. The lowest BCUT2D eigenvalue weighted by Gasteiger charge is -2.28. The number of benzene rings is 1. The minimum atomic E-state index is -2.91. The normalized spacial score (nSPS) is 11.9. The molecule has 0 bridgehead atoms. The highest BCUT2D eigenvalue weighted by Gasteiger charge is 2.20. The molecule has 1 atom stereocenters. The summed E-state index contributed by atoms with van der Waals surface area (Å²) in [5.41, 5.74) is 1.40. The molecular weight excluding hydrogens is 328 g/mol. The summed E-state index contributed by atoms with van der Waals surface area (Å²) in [6.45, 7) is 1.47. The van der Waals surface area contributed by atoms with Gasteiger partial charge in [0.15, 0.2) is 0 Å². The SMILES string of the molecule is CCN(C(=O)NCc1ccccc1OC(F)F)C(C)c1cccnc1. The molecule has 134 valence electrons. The third kappa shape index (κ3) is 5.14. The maximum absolute atomic E-state index is 12.5. The van der Waals surface area contributed by atoms with Crippen molar-refractivity contribution in [3.05, 3.63) is 59.9 Å². The van der Waals surface area contributed by atoms with Gasteiger partial charge in [-0.25, -0.2) is 4.79 Å². The largest absolute Gasteiger partial charge is 0.434 e. The van der Waals surface area contributed by atoms with Gasteiger partial charge in [0.25, 0.3) is 0 Å². The van der Waals surface area contributed by atoms with E-state index in [0.717, 1.165) is 5.56 Å². The van der Waals surface area contributed by atoms with Crippen LogP contribution in [0.4, 0.5) is 13.6 Å². The second kappa shape index (κ2) is 8.96. The van der Waals surface area contributed by atoms with E-state index in [-0.39, 0.29) is 24.4 Å². The fraction of sp³-hybridized carbons (Fsp3) is 0.333. The minimum Gasteiger partial charge on any atom is -0.434 e. The monoisotopic (exact) mass is 349 g/mol. The van der Waals surface area contributed by atoms with Crippen molar-refractivity contribution in [2.24, 2.45) is 0 Å². The van der Waals surface area contributed by atoms with E-state index in [1.807, 2.05) is 26.0 Å². The van der Waals surface area contributed by atoms with Crippen molar-refractivity contribution in [2.45, 2.75) is 33.0 Å². The van der Waals surface area contributed by atoms with Crippen LogP contribution in [-0.4, -0.2) is 29.1 Å². The molecule has 0 spiro atoms. The van der Waals surface area contributed by atoms with E-state index in [9.17, 15) is 13.6 Å². The average molecular weight is 349 g/mol. The Kier molecular flexibility index (Phi) is 6.68. The molecule has 25 heavy (non-hydrogen) atoms. The molecule has 0 fully saturated rings. The number of alkyl halides is 2. The van der Waals surface area contributed by atoms with Crippen LogP contribution in [0.5, 0.6) is 5.75 Å². The highest BCUT2D eigenvalue weighted by Crippen LogP contribution is 2.21. The Labute approximate surface area is 145 Å². The molecule has 0 saturated heterocycles. The van der Waals surface area contributed by atoms with Crippen LogP contribution in [-0.2, 0) is 6.54 Å². The summed E-state index contributed by atoms with van der Waals surface area (Å²) in [7, 11) is 0. The molecule has 0 radical (unpaired) electrons. The molecule has 1 N–H and O–H groups in total. The molecule has 1 heterocycles. The zero-order valence-electron chi connectivity index (χ0n) is 14.2. The first-order valence-electron chi connectivity index (χ1n) is 8.00. The lowest BCUT2D eigenvalue weighted by Crippen LogP contribution is -2.41. The molecule has 2 aromatic rings. The van der Waals surface area contributed by atoms with Gasteiger partial charge < -0.3 is 15.0 Å². The van der Waals surface area contributed by atoms with Gasteiger partial charge >= 0.3 is 12.6 Å². The van der Waals surface area contributed by atoms with Crippen molar-refractivity contribution in [3.63, 3.8) is 0 Å². The second-order valence-corrected chi connectivity index (χ2v) is 5.39. The molecule has 0 aliphatic carbocycles. The van der Waals surface area contributed by atoms with E-state index in [1.165, 1.54) is 6.07 Å². The van der Waals surface area contributed by atoms with Crippen molar-refractivity contribution >= 4 is 6.03 Å². The van der Waals surface area contributed by atoms with Gasteiger partial charge in [-0.1, -0.05) is 24.3 Å². The number of rotatable bonds is 7. The highest BCUT2D eigenvalue weighted by molar-refractivity contribution is 5.74. The van der Waals surface area contributed by atoms with Crippen LogP contribution in [0, 0.1) is 0 Å². The van der Waals surface area contributed by atoms with Crippen molar-refractivity contribution in [2.75, 3.05) is 6.54 Å². The summed E-state index contributed by atoms with van der Waals surface area (Å²) < 4.78 is 29.4. The summed E-state index contributed by atoms with van der Waals surface area (Å²) >= 11 is 0. The number of pyridine rings is 1. The number of aromatic nitrogens is 1. The number of urea groups is 1. The summed E-state index contributed by atoms with van der Waals surface area (Å²) in [5, 5.41) is 2.76. The molecule has 7 heteroatoms. The van der Waals surface area contributed by atoms with Crippen molar-refractivity contribution in [3.8, 4) is 5.75 Å². The van der Waals surface area contributed by atoms with Crippen molar-refractivity contribution < 1.29 is 18.3 Å². The van der Waals surface area contributed by atoms with Crippen LogP contribution >= 0.6 is 0 Å². The first-order chi connectivity index (χ1) is 12.0. The molecule has 1 unspecified atom stereocenters. The average Bonchev–Trinajstić information content (AvgIpc) is 2.61. The molecule has 2 rings (SSSR count). The summed E-state index contributed by atoms with van der Waals surface area (Å²) in [4.78, 5) is 18.2. The van der Waals surface area contributed by atoms with E-state index in [0.29, 0.717) is 12.1 Å². The van der Waals surface area contributed by atoms with Gasteiger partial charge in [0.05, 0.1) is 6.04 Å². The lowest BCUT2D eigenvalue weighted by molar-refractivity contribution is -0.0504. The topological polar surface area (TPSA) is 54.5 Å². The van der Waals surface area contributed by atoms with Crippen LogP contribution in [0.2, 0.25) is 0 Å². The number of carbonyl (C=O) groups is 1. The molecule has 1 aromatic carbocycles. The second-order valence-electron chi connectivity index (χ2n) is 5.39.